The first-order valence-electron chi connectivity index (χ1n) is 6.39. The first-order chi connectivity index (χ1) is 10.2. The van der Waals surface area contributed by atoms with Gasteiger partial charge >= 0.3 is 0 Å². The minimum atomic E-state index is -0.700. The van der Waals surface area contributed by atoms with Gasteiger partial charge in [0.2, 0.25) is 0 Å². The summed E-state index contributed by atoms with van der Waals surface area (Å²) < 4.78 is 10.4. The number of ether oxygens (including phenoxy) is 2. The summed E-state index contributed by atoms with van der Waals surface area (Å²) in [7, 11) is 3.13. The molecule has 2 rings (SSSR count). The van der Waals surface area contributed by atoms with Crippen molar-refractivity contribution in [1.82, 2.24) is 4.98 Å². The third-order valence-corrected chi connectivity index (χ3v) is 3.35. The first-order valence-corrected chi connectivity index (χ1v) is 6.77. The van der Waals surface area contributed by atoms with Crippen LogP contribution in [0.3, 0.4) is 0 Å². The van der Waals surface area contributed by atoms with Gasteiger partial charge in [0, 0.05) is 18.9 Å². The quantitative estimate of drug-likeness (QED) is 0.859. The normalized spacial score (nSPS) is 11.8. The molecule has 0 aliphatic heterocycles. The maximum Gasteiger partial charge on any atom is 0.161 e. The van der Waals surface area contributed by atoms with Crippen LogP contribution >= 0.6 is 11.6 Å². The Labute approximate surface area is 128 Å². The average Bonchev–Trinajstić information content (AvgIpc) is 2.53. The number of methoxy groups -OCH3 is 2. The van der Waals surface area contributed by atoms with Gasteiger partial charge in [-0.1, -0.05) is 17.7 Å². The SMILES string of the molecule is COc1ccc([C@@H](O)CNc2ccncc2Cl)cc1OC. The molecule has 1 heterocycles. The van der Waals surface area contributed by atoms with Gasteiger partial charge in [-0.3, -0.25) is 4.98 Å². The molecule has 0 spiro atoms. The van der Waals surface area contributed by atoms with Crippen LogP contribution in [-0.2, 0) is 0 Å². The number of aliphatic hydroxyl groups is 1. The Morgan fingerprint density at radius 1 is 1.24 bits per heavy atom. The fraction of sp³-hybridized carbons (Fsp3) is 0.267. The Morgan fingerprint density at radius 2 is 2.00 bits per heavy atom. The molecule has 0 aliphatic rings. The molecule has 5 nitrogen and oxygen atoms in total. The van der Waals surface area contributed by atoms with Crippen molar-refractivity contribution in [3.8, 4) is 11.5 Å². The molecule has 0 unspecified atom stereocenters. The molecular weight excluding hydrogens is 292 g/mol. The van der Waals surface area contributed by atoms with Crippen LogP contribution in [0.1, 0.15) is 11.7 Å². The minimum absolute atomic E-state index is 0.319. The van der Waals surface area contributed by atoms with Crippen LogP contribution in [0.15, 0.2) is 36.7 Å². The Bertz CT molecular complexity index is 607. The highest BCUT2D eigenvalue weighted by Gasteiger charge is 2.12. The number of halogens is 1. The number of aromatic nitrogens is 1. The zero-order valence-electron chi connectivity index (χ0n) is 11.8. The van der Waals surface area contributed by atoms with Crippen molar-refractivity contribution in [3.05, 3.63) is 47.2 Å². The number of pyridine rings is 1. The Hall–Kier alpha value is -1.98. The Balaban J connectivity index is 2.06. The van der Waals surface area contributed by atoms with E-state index in [0.717, 1.165) is 11.3 Å². The fourth-order valence-corrected chi connectivity index (χ4v) is 2.09. The molecule has 0 saturated carbocycles. The van der Waals surface area contributed by atoms with Crippen molar-refractivity contribution >= 4 is 17.3 Å². The zero-order valence-corrected chi connectivity index (χ0v) is 12.6. The highest BCUT2D eigenvalue weighted by Crippen LogP contribution is 2.30. The predicted molar refractivity (Wildman–Crippen MR) is 82.2 cm³/mol. The predicted octanol–water partition coefficient (Wildman–Crippen LogP) is 2.90. The van der Waals surface area contributed by atoms with Crippen molar-refractivity contribution in [1.29, 1.82) is 0 Å². The molecule has 1 atom stereocenters. The molecule has 0 aliphatic carbocycles. The van der Waals surface area contributed by atoms with Crippen molar-refractivity contribution in [2.45, 2.75) is 6.10 Å². The second-order valence-electron chi connectivity index (χ2n) is 4.37. The molecule has 0 bridgehead atoms. The van der Waals surface area contributed by atoms with Crippen LogP contribution < -0.4 is 14.8 Å². The number of aliphatic hydroxyl groups excluding tert-OH is 1. The zero-order chi connectivity index (χ0) is 15.2. The van der Waals surface area contributed by atoms with E-state index >= 15 is 0 Å². The van der Waals surface area contributed by atoms with Gasteiger partial charge in [-0.2, -0.15) is 0 Å². The van der Waals surface area contributed by atoms with Crippen LogP contribution in [0.2, 0.25) is 5.02 Å². The van der Waals surface area contributed by atoms with Gasteiger partial charge in [-0.05, 0) is 23.8 Å². The summed E-state index contributed by atoms with van der Waals surface area (Å²) in [6, 6.07) is 7.06. The molecule has 1 aromatic heterocycles. The fourth-order valence-electron chi connectivity index (χ4n) is 1.90. The Kier molecular flexibility index (Phi) is 5.25. The van der Waals surface area contributed by atoms with Crippen molar-refractivity contribution in [2.24, 2.45) is 0 Å². The number of rotatable bonds is 6. The van der Waals surface area contributed by atoms with E-state index in [1.165, 1.54) is 0 Å². The van der Waals surface area contributed by atoms with E-state index in [1.807, 2.05) is 0 Å². The van der Waals surface area contributed by atoms with Crippen LogP contribution in [0, 0.1) is 0 Å². The molecule has 112 valence electrons. The third kappa shape index (κ3) is 3.77. The lowest BCUT2D eigenvalue weighted by Crippen LogP contribution is -2.12. The molecule has 6 heteroatoms. The van der Waals surface area contributed by atoms with Crippen molar-refractivity contribution in [3.63, 3.8) is 0 Å². The molecular formula is C15H17ClN2O3. The number of nitrogens with zero attached hydrogens (tertiary/aromatic N) is 1. The summed E-state index contributed by atoms with van der Waals surface area (Å²) in [5, 5.41) is 13.8. The average molecular weight is 309 g/mol. The van der Waals surface area contributed by atoms with Crippen LogP contribution in [0.4, 0.5) is 5.69 Å². The topological polar surface area (TPSA) is 63.6 Å². The summed E-state index contributed by atoms with van der Waals surface area (Å²) in [6.07, 6.45) is 2.48. The lowest BCUT2D eigenvalue weighted by atomic mass is 10.1. The van der Waals surface area contributed by atoms with Gasteiger partial charge in [0.25, 0.3) is 0 Å². The van der Waals surface area contributed by atoms with E-state index in [-0.39, 0.29) is 0 Å². The summed E-state index contributed by atoms with van der Waals surface area (Å²) in [6.45, 7) is 0.319. The molecule has 0 radical (unpaired) electrons. The summed E-state index contributed by atoms with van der Waals surface area (Å²) >= 11 is 6.00. The largest absolute Gasteiger partial charge is 0.493 e. The van der Waals surface area contributed by atoms with Crippen molar-refractivity contribution in [2.75, 3.05) is 26.1 Å². The minimum Gasteiger partial charge on any atom is -0.493 e. The third-order valence-electron chi connectivity index (χ3n) is 3.05. The van der Waals surface area contributed by atoms with E-state index in [1.54, 1.807) is 50.9 Å². The van der Waals surface area contributed by atoms with Gasteiger partial charge in [0.1, 0.15) is 0 Å². The van der Waals surface area contributed by atoms with Gasteiger partial charge in [0.05, 0.1) is 31.0 Å². The lowest BCUT2D eigenvalue weighted by molar-refractivity contribution is 0.191. The Morgan fingerprint density at radius 3 is 2.67 bits per heavy atom. The monoisotopic (exact) mass is 308 g/mol. The van der Waals surface area contributed by atoms with E-state index in [2.05, 4.69) is 10.3 Å². The van der Waals surface area contributed by atoms with Gasteiger partial charge in [0.15, 0.2) is 11.5 Å². The van der Waals surface area contributed by atoms with E-state index in [4.69, 9.17) is 21.1 Å². The summed E-state index contributed by atoms with van der Waals surface area (Å²) in [5.74, 6) is 1.20. The summed E-state index contributed by atoms with van der Waals surface area (Å²) in [5.41, 5.74) is 1.46. The molecule has 21 heavy (non-hydrogen) atoms. The molecule has 2 N–H and O–H groups in total. The van der Waals surface area contributed by atoms with Crippen LogP contribution in [0.25, 0.3) is 0 Å². The maximum atomic E-state index is 10.2. The number of nitrogens with one attached hydrogen (secondary N) is 1. The lowest BCUT2D eigenvalue weighted by Gasteiger charge is -2.16. The highest BCUT2D eigenvalue weighted by atomic mass is 35.5. The maximum absolute atomic E-state index is 10.2. The molecule has 0 fully saturated rings. The number of hydrogen-bond acceptors (Lipinski definition) is 5. The van der Waals surface area contributed by atoms with E-state index in [0.29, 0.717) is 23.1 Å². The van der Waals surface area contributed by atoms with Crippen LogP contribution in [-0.4, -0.2) is 30.9 Å². The second kappa shape index (κ2) is 7.15. The standard InChI is InChI=1S/C15H17ClN2O3/c1-20-14-4-3-10(7-15(14)21-2)13(19)9-18-12-5-6-17-8-11(12)16/h3-8,13,19H,9H2,1-2H3,(H,17,18)/t13-/m0/s1. The number of benzene rings is 1. The molecule has 2 aromatic rings. The van der Waals surface area contributed by atoms with Gasteiger partial charge < -0.3 is 19.9 Å². The first kappa shape index (κ1) is 15.4. The van der Waals surface area contributed by atoms with Crippen LogP contribution in [0.5, 0.6) is 11.5 Å². The van der Waals surface area contributed by atoms with E-state index < -0.39 is 6.10 Å². The number of hydrogen-bond donors (Lipinski definition) is 2. The highest BCUT2D eigenvalue weighted by molar-refractivity contribution is 6.33. The second-order valence-corrected chi connectivity index (χ2v) is 4.77. The smallest absolute Gasteiger partial charge is 0.161 e. The number of anilines is 1. The van der Waals surface area contributed by atoms with E-state index in [9.17, 15) is 5.11 Å². The van der Waals surface area contributed by atoms with Crippen molar-refractivity contribution < 1.29 is 14.6 Å². The molecule has 1 aromatic carbocycles. The molecule has 0 saturated heterocycles. The summed E-state index contributed by atoms with van der Waals surface area (Å²) in [4.78, 5) is 3.91. The van der Waals surface area contributed by atoms with Gasteiger partial charge in [-0.25, -0.2) is 0 Å². The molecule has 0 amide bonds. The van der Waals surface area contributed by atoms with Gasteiger partial charge in [-0.15, -0.1) is 0 Å².